The van der Waals surface area contributed by atoms with Crippen LogP contribution in [-0.4, -0.2) is 42.1 Å². The van der Waals surface area contributed by atoms with Crippen molar-refractivity contribution in [3.05, 3.63) is 23.5 Å². The van der Waals surface area contributed by atoms with Gasteiger partial charge in [-0.15, -0.1) is 0 Å². The highest BCUT2D eigenvalue weighted by atomic mass is 35.5. The predicted molar refractivity (Wildman–Crippen MR) is 68.2 cm³/mol. The Kier molecular flexibility index (Phi) is 3.66. The number of anilines is 1. The molecule has 1 aliphatic heterocycles. The maximum absolute atomic E-state index is 5.78. The summed E-state index contributed by atoms with van der Waals surface area (Å²) in [7, 11) is 0. The van der Waals surface area contributed by atoms with E-state index in [1.807, 2.05) is 18.3 Å². The lowest BCUT2D eigenvalue weighted by Crippen LogP contribution is -2.48. The Hall–Kier alpha value is -0.800. The molecule has 1 aromatic rings. The topological polar surface area (TPSA) is 19.4 Å². The number of nitrogens with zero attached hydrogens (tertiary/aromatic N) is 3. The van der Waals surface area contributed by atoms with Crippen LogP contribution in [0, 0.1) is 0 Å². The molecule has 0 saturated carbocycles. The first-order valence-electron chi connectivity index (χ1n) is 5.77. The monoisotopic (exact) mass is 239 g/mol. The zero-order valence-corrected chi connectivity index (χ0v) is 10.6. The van der Waals surface area contributed by atoms with Crippen LogP contribution in [0.25, 0.3) is 0 Å². The van der Waals surface area contributed by atoms with Crippen molar-refractivity contribution >= 4 is 17.3 Å². The first kappa shape index (κ1) is 11.7. The first-order chi connectivity index (χ1) is 7.66. The smallest absolute Gasteiger partial charge is 0.129 e. The number of aromatic nitrogens is 1. The zero-order valence-electron chi connectivity index (χ0n) is 9.86. The summed E-state index contributed by atoms with van der Waals surface area (Å²) in [5.74, 6) is 0. The molecule has 0 aromatic carbocycles. The van der Waals surface area contributed by atoms with E-state index in [-0.39, 0.29) is 0 Å². The van der Waals surface area contributed by atoms with Gasteiger partial charge in [0, 0.05) is 32.2 Å². The zero-order chi connectivity index (χ0) is 11.5. The minimum Gasteiger partial charge on any atom is -0.368 e. The highest BCUT2D eigenvalue weighted by Gasteiger charge is 2.18. The van der Waals surface area contributed by atoms with Crippen molar-refractivity contribution in [3.63, 3.8) is 0 Å². The second-order valence-electron chi connectivity index (χ2n) is 4.46. The van der Waals surface area contributed by atoms with E-state index in [1.54, 1.807) is 0 Å². The highest BCUT2D eigenvalue weighted by Crippen LogP contribution is 2.17. The van der Waals surface area contributed by atoms with Gasteiger partial charge in [0.1, 0.15) is 5.15 Å². The molecule has 0 radical (unpaired) electrons. The van der Waals surface area contributed by atoms with E-state index in [0.29, 0.717) is 11.2 Å². The van der Waals surface area contributed by atoms with Crippen LogP contribution in [0.1, 0.15) is 13.8 Å². The van der Waals surface area contributed by atoms with Crippen molar-refractivity contribution in [2.45, 2.75) is 19.9 Å². The minimum absolute atomic E-state index is 0.560. The predicted octanol–water partition coefficient (Wildman–Crippen LogP) is 2.27. The summed E-state index contributed by atoms with van der Waals surface area (Å²) in [4.78, 5) is 8.98. The Morgan fingerprint density at radius 3 is 2.38 bits per heavy atom. The van der Waals surface area contributed by atoms with E-state index in [0.717, 1.165) is 26.2 Å². The molecule has 16 heavy (non-hydrogen) atoms. The maximum Gasteiger partial charge on any atom is 0.129 e. The van der Waals surface area contributed by atoms with Gasteiger partial charge in [-0.3, -0.25) is 4.90 Å². The van der Waals surface area contributed by atoms with Crippen molar-refractivity contribution in [2.75, 3.05) is 31.1 Å². The van der Waals surface area contributed by atoms with Gasteiger partial charge in [0.25, 0.3) is 0 Å². The van der Waals surface area contributed by atoms with Gasteiger partial charge in [0.2, 0.25) is 0 Å². The quantitative estimate of drug-likeness (QED) is 0.739. The molecule has 0 unspecified atom stereocenters. The summed E-state index contributed by atoms with van der Waals surface area (Å²) in [5.41, 5.74) is 1.17. The second kappa shape index (κ2) is 5.02. The molecule has 88 valence electrons. The van der Waals surface area contributed by atoms with Crippen LogP contribution in [0.2, 0.25) is 5.15 Å². The lowest BCUT2D eigenvalue weighted by Gasteiger charge is -2.37. The summed E-state index contributed by atoms with van der Waals surface area (Å²) in [6, 6.07) is 4.54. The standard InChI is InChI=1S/C12H18ClN3/c1-10(2)15-5-7-16(8-6-15)11-3-4-12(13)14-9-11/h3-4,9-10H,5-8H2,1-2H3. The van der Waals surface area contributed by atoms with Crippen molar-refractivity contribution in [2.24, 2.45) is 0 Å². The summed E-state index contributed by atoms with van der Waals surface area (Å²) < 4.78 is 0. The minimum atomic E-state index is 0.560. The summed E-state index contributed by atoms with van der Waals surface area (Å²) in [6.45, 7) is 8.89. The second-order valence-corrected chi connectivity index (χ2v) is 4.84. The Morgan fingerprint density at radius 2 is 1.88 bits per heavy atom. The fraction of sp³-hybridized carbons (Fsp3) is 0.583. The number of halogens is 1. The molecule has 4 heteroatoms. The molecule has 0 N–H and O–H groups in total. The SMILES string of the molecule is CC(C)N1CCN(c2ccc(Cl)nc2)CC1. The van der Waals surface area contributed by atoms with Crippen molar-refractivity contribution in [1.82, 2.24) is 9.88 Å². The van der Waals surface area contributed by atoms with Crippen molar-refractivity contribution < 1.29 is 0 Å². The van der Waals surface area contributed by atoms with Gasteiger partial charge in [0.05, 0.1) is 11.9 Å². The van der Waals surface area contributed by atoms with Gasteiger partial charge in [-0.25, -0.2) is 4.98 Å². The Morgan fingerprint density at radius 1 is 1.19 bits per heavy atom. The number of pyridine rings is 1. The molecule has 3 nitrogen and oxygen atoms in total. The fourth-order valence-corrected chi connectivity index (χ4v) is 2.16. The average molecular weight is 240 g/mol. The maximum atomic E-state index is 5.78. The van der Waals surface area contributed by atoms with Crippen LogP contribution in [0.4, 0.5) is 5.69 Å². The molecule has 0 bridgehead atoms. The van der Waals surface area contributed by atoms with Crippen LogP contribution in [-0.2, 0) is 0 Å². The average Bonchev–Trinajstić information content (AvgIpc) is 2.30. The molecule has 1 aliphatic rings. The molecule has 1 saturated heterocycles. The van der Waals surface area contributed by atoms with E-state index in [2.05, 4.69) is 28.6 Å². The molecule has 2 rings (SSSR count). The first-order valence-corrected chi connectivity index (χ1v) is 6.15. The number of hydrogen-bond donors (Lipinski definition) is 0. The summed E-state index contributed by atoms with van der Waals surface area (Å²) >= 11 is 5.78. The molecule has 1 fully saturated rings. The van der Waals surface area contributed by atoms with Gasteiger partial charge >= 0.3 is 0 Å². The largest absolute Gasteiger partial charge is 0.368 e. The molecule has 1 aromatic heterocycles. The van der Waals surface area contributed by atoms with E-state index in [1.165, 1.54) is 5.69 Å². The van der Waals surface area contributed by atoms with Crippen molar-refractivity contribution in [3.8, 4) is 0 Å². The number of hydrogen-bond acceptors (Lipinski definition) is 3. The van der Waals surface area contributed by atoms with Crippen LogP contribution in [0.3, 0.4) is 0 Å². The van der Waals surface area contributed by atoms with Gasteiger partial charge in [-0.05, 0) is 26.0 Å². The lowest BCUT2D eigenvalue weighted by molar-refractivity contribution is 0.209. The molecular formula is C12H18ClN3. The van der Waals surface area contributed by atoms with Gasteiger partial charge < -0.3 is 4.90 Å². The van der Waals surface area contributed by atoms with Crippen LogP contribution in [0.5, 0.6) is 0 Å². The van der Waals surface area contributed by atoms with Gasteiger partial charge in [0.15, 0.2) is 0 Å². The van der Waals surface area contributed by atoms with E-state index in [4.69, 9.17) is 11.6 Å². The molecule has 0 aliphatic carbocycles. The van der Waals surface area contributed by atoms with Crippen LogP contribution in [0.15, 0.2) is 18.3 Å². The molecule has 0 amide bonds. The summed E-state index contributed by atoms with van der Waals surface area (Å²) in [5, 5.41) is 0.560. The molecule has 2 heterocycles. The van der Waals surface area contributed by atoms with E-state index >= 15 is 0 Å². The van der Waals surface area contributed by atoms with Crippen LogP contribution >= 0.6 is 11.6 Å². The van der Waals surface area contributed by atoms with Gasteiger partial charge in [-0.2, -0.15) is 0 Å². The lowest BCUT2D eigenvalue weighted by atomic mass is 10.2. The van der Waals surface area contributed by atoms with E-state index in [9.17, 15) is 0 Å². The fourth-order valence-electron chi connectivity index (χ4n) is 2.05. The molecule has 0 atom stereocenters. The Bertz CT molecular complexity index is 329. The molecular weight excluding hydrogens is 222 g/mol. The Balaban J connectivity index is 1.96. The summed E-state index contributed by atoms with van der Waals surface area (Å²) in [6.07, 6.45) is 1.85. The third-order valence-corrected chi connectivity index (χ3v) is 3.35. The highest BCUT2D eigenvalue weighted by molar-refractivity contribution is 6.29. The van der Waals surface area contributed by atoms with Crippen molar-refractivity contribution in [1.29, 1.82) is 0 Å². The molecule has 0 spiro atoms. The Labute approximate surface area is 102 Å². The van der Waals surface area contributed by atoms with Gasteiger partial charge in [-0.1, -0.05) is 11.6 Å². The van der Waals surface area contributed by atoms with E-state index < -0.39 is 0 Å². The van der Waals surface area contributed by atoms with Crippen LogP contribution < -0.4 is 4.90 Å². The third kappa shape index (κ3) is 2.66. The third-order valence-electron chi connectivity index (χ3n) is 3.12. The number of rotatable bonds is 2. The normalized spacial score (nSPS) is 18.1. The number of piperazine rings is 1.